The largest absolute Gasteiger partial charge is 0.457 e. The Morgan fingerprint density at radius 2 is 1.94 bits per heavy atom. The van der Waals surface area contributed by atoms with Gasteiger partial charge in [-0.05, 0) is 30.3 Å². The Morgan fingerprint density at radius 3 is 2.62 bits per heavy atom. The maximum Gasteiger partial charge on any atom is 0.372 e. The van der Waals surface area contributed by atoms with E-state index in [1.807, 2.05) is 30.3 Å². The van der Waals surface area contributed by atoms with Crippen molar-refractivity contribution >= 4 is 17.1 Å². The fourth-order valence-electron chi connectivity index (χ4n) is 1.23. The summed E-state index contributed by atoms with van der Waals surface area (Å²) in [7, 11) is 0. The van der Waals surface area contributed by atoms with E-state index in [9.17, 15) is 4.79 Å². The van der Waals surface area contributed by atoms with Crippen LogP contribution in [0.15, 0.2) is 35.2 Å². The average Bonchev–Trinajstić information content (AvgIpc) is 2.30. The quantitative estimate of drug-likeness (QED) is 0.419. The van der Waals surface area contributed by atoms with Crippen molar-refractivity contribution in [3.63, 3.8) is 0 Å². The molecule has 0 fully saturated rings. The highest BCUT2D eigenvalue weighted by Crippen LogP contribution is 2.19. The molecule has 87 valence electrons. The SMILES string of the molecule is [CH2]CCCCCOC(=O)Sc1ccccc1. The van der Waals surface area contributed by atoms with Crippen LogP contribution in [0, 0.1) is 6.92 Å². The second kappa shape index (κ2) is 8.22. The minimum atomic E-state index is -0.221. The molecular weight excluding hydrogens is 220 g/mol. The Bertz CT molecular complexity index is 298. The van der Waals surface area contributed by atoms with E-state index in [2.05, 4.69) is 6.92 Å². The first kappa shape index (κ1) is 13.1. The third-order valence-corrected chi connectivity index (χ3v) is 2.85. The van der Waals surface area contributed by atoms with Crippen LogP contribution in [0.2, 0.25) is 0 Å². The van der Waals surface area contributed by atoms with Gasteiger partial charge in [0.15, 0.2) is 0 Å². The summed E-state index contributed by atoms with van der Waals surface area (Å²) in [5, 5.41) is -0.221. The third kappa shape index (κ3) is 5.81. The normalized spacial score (nSPS) is 10.1. The Hall–Kier alpha value is -0.960. The molecule has 16 heavy (non-hydrogen) atoms. The monoisotopic (exact) mass is 237 g/mol. The Morgan fingerprint density at radius 1 is 1.19 bits per heavy atom. The molecule has 0 saturated heterocycles. The van der Waals surface area contributed by atoms with E-state index >= 15 is 0 Å². The number of benzene rings is 1. The molecule has 0 N–H and O–H groups in total. The van der Waals surface area contributed by atoms with Crippen LogP contribution in [0.5, 0.6) is 0 Å². The number of hydrogen-bond acceptors (Lipinski definition) is 3. The summed E-state index contributed by atoms with van der Waals surface area (Å²) >= 11 is 1.13. The van der Waals surface area contributed by atoms with Crippen molar-refractivity contribution in [3.05, 3.63) is 37.3 Å². The molecule has 0 aromatic heterocycles. The summed E-state index contributed by atoms with van der Waals surface area (Å²) in [6.07, 6.45) is 4.06. The molecule has 0 unspecified atom stereocenters. The zero-order valence-electron chi connectivity index (χ0n) is 9.35. The third-order valence-electron chi connectivity index (χ3n) is 2.06. The molecule has 1 aromatic carbocycles. The van der Waals surface area contributed by atoms with Crippen molar-refractivity contribution in [1.29, 1.82) is 0 Å². The van der Waals surface area contributed by atoms with E-state index in [1.54, 1.807) is 0 Å². The van der Waals surface area contributed by atoms with E-state index in [0.29, 0.717) is 6.61 Å². The molecule has 1 aromatic rings. The second-order valence-corrected chi connectivity index (χ2v) is 4.44. The maximum atomic E-state index is 11.4. The van der Waals surface area contributed by atoms with Crippen molar-refractivity contribution in [2.75, 3.05) is 6.61 Å². The lowest BCUT2D eigenvalue weighted by Crippen LogP contribution is -1.99. The number of ether oxygens (including phenoxy) is 1. The Labute approximate surface area is 101 Å². The fourth-order valence-corrected chi connectivity index (χ4v) is 1.85. The van der Waals surface area contributed by atoms with Gasteiger partial charge in [0.25, 0.3) is 0 Å². The molecule has 1 radical (unpaired) electrons. The molecule has 2 nitrogen and oxygen atoms in total. The van der Waals surface area contributed by atoms with Gasteiger partial charge in [-0.25, -0.2) is 4.79 Å². The number of rotatable bonds is 6. The molecule has 3 heteroatoms. The summed E-state index contributed by atoms with van der Waals surface area (Å²) in [4.78, 5) is 12.3. The molecule has 0 aliphatic heterocycles. The first-order valence-corrected chi connectivity index (χ1v) is 6.33. The molecular formula is C13H17O2S. The van der Waals surface area contributed by atoms with Gasteiger partial charge in [-0.1, -0.05) is 44.4 Å². The first-order chi connectivity index (χ1) is 7.83. The highest BCUT2D eigenvalue weighted by Gasteiger charge is 2.04. The van der Waals surface area contributed by atoms with Gasteiger partial charge in [0.2, 0.25) is 0 Å². The maximum absolute atomic E-state index is 11.4. The van der Waals surface area contributed by atoms with Crippen LogP contribution in [0.3, 0.4) is 0 Å². The van der Waals surface area contributed by atoms with E-state index < -0.39 is 0 Å². The zero-order chi connectivity index (χ0) is 11.6. The number of carbonyl (C=O) groups is 1. The van der Waals surface area contributed by atoms with Crippen molar-refractivity contribution < 1.29 is 9.53 Å². The number of carbonyl (C=O) groups excluding carboxylic acids is 1. The smallest absolute Gasteiger partial charge is 0.372 e. The van der Waals surface area contributed by atoms with Gasteiger partial charge in [-0.3, -0.25) is 0 Å². The molecule has 0 aliphatic rings. The van der Waals surface area contributed by atoms with Crippen molar-refractivity contribution in [1.82, 2.24) is 0 Å². The van der Waals surface area contributed by atoms with Crippen LogP contribution in [0.1, 0.15) is 25.7 Å². The van der Waals surface area contributed by atoms with Crippen LogP contribution < -0.4 is 0 Å². The van der Waals surface area contributed by atoms with Crippen LogP contribution in [-0.2, 0) is 4.74 Å². The molecule has 0 heterocycles. The molecule has 0 aliphatic carbocycles. The lowest BCUT2D eigenvalue weighted by molar-refractivity contribution is 0.172. The number of thioether (sulfide) groups is 1. The van der Waals surface area contributed by atoms with Gasteiger partial charge in [-0.2, -0.15) is 0 Å². The van der Waals surface area contributed by atoms with Gasteiger partial charge in [0.1, 0.15) is 0 Å². The fraction of sp³-hybridized carbons (Fsp3) is 0.385. The van der Waals surface area contributed by atoms with E-state index in [4.69, 9.17) is 4.74 Å². The highest BCUT2D eigenvalue weighted by molar-refractivity contribution is 8.13. The van der Waals surface area contributed by atoms with E-state index in [1.165, 1.54) is 0 Å². The van der Waals surface area contributed by atoms with Crippen molar-refractivity contribution in [2.45, 2.75) is 30.6 Å². The topological polar surface area (TPSA) is 26.3 Å². The Balaban J connectivity index is 2.12. The number of unbranched alkanes of at least 4 members (excludes halogenated alkanes) is 3. The summed E-state index contributed by atoms with van der Waals surface area (Å²) in [6, 6.07) is 9.53. The molecule has 0 atom stereocenters. The first-order valence-electron chi connectivity index (χ1n) is 5.52. The van der Waals surface area contributed by atoms with Crippen LogP contribution in [0.25, 0.3) is 0 Å². The van der Waals surface area contributed by atoms with Crippen LogP contribution in [0.4, 0.5) is 4.79 Å². The molecule has 0 bridgehead atoms. The van der Waals surface area contributed by atoms with Crippen molar-refractivity contribution in [3.8, 4) is 0 Å². The van der Waals surface area contributed by atoms with Gasteiger partial charge in [0.05, 0.1) is 6.61 Å². The minimum Gasteiger partial charge on any atom is -0.457 e. The average molecular weight is 237 g/mol. The minimum absolute atomic E-state index is 0.221. The summed E-state index contributed by atoms with van der Waals surface area (Å²) < 4.78 is 5.10. The van der Waals surface area contributed by atoms with Gasteiger partial charge < -0.3 is 4.74 Å². The van der Waals surface area contributed by atoms with Crippen LogP contribution in [-0.4, -0.2) is 11.9 Å². The van der Waals surface area contributed by atoms with E-state index in [0.717, 1.165) is 42.3 Å². The van der Waals surface area contributed by atoms with Gasteiger partial charge in [-0.15, -0.1) is 0 Å². The summed E-state index contributed by atoms with van der Waals surface area (Å²) in [6.45, 7) is 4.27. The zero-order valence-corrected chi connectivity index (χ0v) is 10.2. The molecule has 0 spiro atoms. The van der Waals surface area contributed by atoms with Gasteiger partial charge >= 0.3 is 5.30 Å². The molecule has 0 saturated carbocycles. The van der Waals surface area contributed by atoms with Gasteiger partial charge in [0, 0.05) is 4.90 Å². The number of hydrogen-bond donors (Lipinski definition) is 0. The lowest BCUT2D eigenvalue weighted by Gasteiger charge is -2.03. The second-order valence-electron chi connectivity index (χ2n) is 3.43. The Kier molecular flexibility index (Phi) is 6.74. The highest BCUT2D eigenvalue weighted by atomic mass is 32.2. The molecule has 0 amide bonds. The predicted octanol–water partition coefficient (Wildman–Crippen LogP) is 4.31. The predicted molar refractivity (Wildman–Crippen MR) is 67.5 cm³/mol. The van der Waals surface area contributed by atoms with Crippen LogP contribution >= 0.6 is 11.8 Å². The molecule has 1 rings (SSSR count). The summed E-state index contributed by atoms with van der Waals surface area (Å²) in [5.41, 5.74) is 0. The summed E-state index contributed by atoms with van der Waals surface area (Å²) in [5.74, 6) is 0. The lowest BCUT2D eigenvalue weighted by atomic mass is 10.2. The van der Waals surface area contributed by atoms with E-state index in [-0.39, 0.29) is 5.30 Å². The standard InChI is InChI=1S/C13H17O2S/c1-2-3-4-8-11-15-13(14)16-12-9-6-5-7-10-12/h5-7,9-10H,1-4,8,11H2. The van der Waals surface area contributed by atoms with Crippen molar-refractivity contribution in [2.24, 2.45) is 0 Å².